The molecule has 2 aromatic rings. The van der Waals surface area contributed by atoms with Gasteiger partial charge in [-0.3, -0.25) is 14.7 Å². The fourth-order valence-electron chi connectivity index (χ4n) is 4.54. The highest BCUT2D eigenvalue weighted by Gasteiger charge is 2.34. The molecule has 0 spiro atoms. The largest absolute Gasteiger partial charge is 0.369 e. The molecule has 1 saturated heterocycles. The van der Waals surface area contributed by atoms with Gasteiger partial charge in [-0.1, -0.05) is 35.3 Å². The van der Waals surface area contributed by atoms with Crippen LogP contribution in [0.25, 0.3) is 5.70 Å². The van der Waals surface area contributed by atoms with Crippen molar-refractivity contribution in [1.82, 2.24) is 20.1 Å². The van der Waals surface area contributed by atoms with Crippen LogP contribution in [0.3, 0.4) is 0 Å². The number of nitrogens with one attached hydrogen (secondary N) is 1. The van der Waals surface area contributed by atoms with Gasteiger partial charge in [-0.15, -0.1) is 0 Å². The third-order valence-corrected chi connectivity index (χ3v) is 7.48. The van der Waals surface area contributed by atoms with Crippen LogP contribution in [-0.4, -0.2) is 73.0 Å². The molecular weight excluding hydrogens is 457 g/mol. The number of halogens is 2. The molecule has 1 amide bonds. The summed E-state index contributed by atoms with van der Waals surface area (Å²) in [5.41, 5.74) is 2.92. The van der Waals surface area contributed by atoms with E-state index in [1.54, 1.807) is 6.20 Å². The number of rotatable bonds is 7. The lowest BCUT2D eigenvalue weighted by Crippen LogP contribution is -2.47. The molecule has 4 rings (SSSR count). The number of pyridine rings is 1. The van der Waals surface area contributed by atoms with Crippen LogP contribution in [0.4, 0.5) is 5.69 Å². The first-order valence-corrected chi connectivity index (χ1v) is 12.3. The van der Waals surface area contributed by atoms with Crippen molar-refractivity contribution in [3.63, 3.8) is 0 Å². The Morgan fingerprint density at radius 3 is 2.64 bits per heavy atom. The number of nitrogens with zero attached hydrogens (tertiary/aromatic N) is 4. The standard InChI is InChI=1S/C25H31Cl2N5O/c1-18-19(17-23(30(18)2)21-8-3-4-10-28-21)25(33)29-11-6-12-31-13-15-32(16-14-31)22-9-5-7-20(26)24(22)27/h3-5,7-10,17-19H,6,11-16H2,1-2H3,(H,29,33). The molecule has 2 atom stereocenters. The van der Waals surface area contributed by atoms with Crippen molar-refractivity contribution in [2.75, 3.05) is 51.2 Å². The van der Waals surface area contributed by atoms with Crippen molar-refractivity contribution >= 4 is 40.5 Å². The van der Waals surface area contributed by atoms with E-state index in [0.29, 0.717) is 16.6 Å². The minimum absolute atomic E-state index is 0.0840. The van der Waals surface area contributed by atoms with Crippen LogP contribution >= 0.6 is 23.2 Å². The molecule has 1 aromatic heterocycles. The van der Waals surface area contributed by atoms with Gasteiger partial charge in [-0.2, -0.15) is 0 Å². The summed E-state index contributed by atoms with van der Waals surface area (Å²) in [5, 5.41) is 4.36. The molecule has 0 bridgehead atoms. The zero-order valence-electron chi connectivity index (χ0n) is 19.2. The number of hydrogen-bond acceptors (Lipinski definition) is 5. The van der Waals surface area contributed by atoms with E-state index in [9.17, 15) is 4.79 Å². The summed E-state index contributed by atoms with van der Waals surface area (Å²) in [6, 6.07) is 11.7. The third kappa shape index (κ3) is 5.45. The summed E-state index contributed by atoms with van der Waals surface area (Å²) >= 11 is 12.5. The van der Waals surface area contributed by atoms with Crippen LogP contribution in [0, 0.1) is 5.92 Å². The Morgan fingerprint density at radius 2 is 1.91 bits per heavy atom. The van der Waals surface area contributed by atoms with Gasteiger partial charge in [0.25, 0.3) is 0 Å². The fourth-order valence-corrected chi connectivity index (χ4v) is 4.96. The molecule has 3 heterocycles. The molecule has 1 fully saturated rings. The lowest BCUT2D eigenvalue weighted by Gasteiger charge is -2.36. The molecule has 8 heteroatoms. The maximum absolute atomic E-state index is 12.8. The molecule has 0 saturated carbocycles. The second-order valence-corrected chi connectivity index (χ2v) is 9.48. The van der Waals surface area contributed by atoms with Crippen LogP contribution in [-0.2, 0) is 4.79 Å². The van der Waals surface area contributed by atoms with E-state index >= 15 is 0 Å². The van der Waals surface area contributed by atoms with Gasteiger partial charge in [0.1, 0.15) is 0 Å². The number of carbonyl (C=O) groups is 1. The van der Waals surface area contributed by atoms with Crippen molar-refractivity contribution in [3.05, 3.63) is 64.4 Å². The molecular formula is C25H31Cl2N5O. The molecule has 2 unspecified atom stereocenters. The number of carbonyl (C=O) groups excluding carboxylic acids is 1. The number of amides is 1. The number of piperazine rings is 1. The van der Waals surface area contributed by atoms with E-state index in [1.165, 1.54) is 0 Å². The number of hydrogen-bond donors (Lipinski definition) is 1. The quantitative estimate of drug-likeness (QED) is 0.597. The summed E-state index contributed by atoms with van der Waals surface area (Å²) in [6.07, 6.45) is 4.76. The maximum Gasteiger partial charge on any atom is 0.229 e. The van der Waals surface area contributed by atoms with Crippen LogP contribution in [0.1, 0.15) is 19.0 Å². The zero-order chi connectivity index (χ0) is 23.4. The topological polar surface area (TPSA) is 51.7 Å². The zero-order valence-corrected chi connectivity index (χ0v) is 20.7. The normalized spacial score (nSPS) is 21.3. The van der Waals surface area contributed by atoms with E-state index in [-0.39, 0.29) is 17.9 Å². The lowest BCUT2D eigenvalue weighted by atomic mass is 10.0. The van der Waals surface area contributed by atoms with Crippen molar-refractivity contribution in [3.8, 4) is 0 Å². The van der Waals surface area contributed by atoms with E-state index in [2.05, 4.69) is 31.9 Å². The molecule has 0 aliphatic carbocycles. The van der Waals surface area contributed by atoms with E-state index in [4.69, 9.17) is 23.2 Å². The molecule has 1 N–H and O–H groups in total. The summed E-state index contributed by atoms with van der Waals surface area (Å²) in [7, 11) is 2.02. The molecule has 2 aliphatic heterocycles. The van der Waals surface area contributed by atoms with Crippen LogP contribution in [0.5, 0.6) is 0 Å². The van der Waals surface area contributed by atoms with Gasteiger partial charge in [0.2, 0.25) is 5.91 Å². The average Bonchev–Trinajstić information content (AvgIpc) is 3.14. The highest BCUT2D eigenvalue weighted by Crippen LogP contribution is 2.33. The first-order valence-electron chi connectivity index (χ1n) is 11.5. The van der Waals surface area contributed by atoms with E-state index < -0.39 is 0 Å². The van der Waals surface area contributed by atoms with Gasteiger partial charge in [-0.25, -0.2) is 0 Å². The minimum atomic E-state index is -0.169. The summed E-state index contributed by atoms with van der Waals surface area (Å²) in [4.78, 5) is 24.1. The predicted molar refractivity (Wildman–Crippen MR) is 136 cm³/mol. The maximum atomic E-state index is 12.8. The molecule has 33 heavy (non-hydrogen) atoms. The first kappa shape index (κ1) is 23.9. The van der Waals surface area contributed by atoms with Gasteiger partial charge < -0.3 is 15.1 Å². The van der Waals surface area contributed by atoms with Crippen LogP contribution in [0.15, 0.2) is 48.7 Å². The number of benzene rings is 1. The Balaban J connectivity index is 1.21. The molecule has 0 radical (unpaired) electrons. The summed E-state index contributed by atoms with van der Waals surface area (Å²) in [5.74, 6) is -0.0845. The van der Waals surface area contributed by atoms with Gasteiger partial charge in [-0.05, 0) is 50.2 Å². The molecule has 1 aromatic carbocycles. The average molecular weight is 488 g/mol. The van der Waals surface area contributed by atoms with Crippen molar-refractivity contribution in [1.29, 1.82) is 0 Å². The Bertz CT molecular complexity index is 992. The lowest BCUT2D eigenvalue weighted by molar-refractivity contribution is -0.124. The first-order chi connectivity index (χ1) is 16.0. The SMILES string of the molecule is CC1C(C(=O)NCCCN2CCN(c3cccc(Cl)c3Cl)CC2)C=C(c2ccccn2)N1C. The number of aromatic nitrogens is 1. The second kappa shape index (κ2) is 10.8. The third-order valence-electron chi connectivity index (χ3n) is 6.67. The summed E-state index contributed by atoms with van der Waals surface area (Å²) in [6.45, 7) is 7.50. The molecule has 6 nitrogen and oxygen atoms in total. The molecule has 2 aliphatic rings. The fraction of sp³-hybridized carbons (Fsp3) is 0.440. The van der Waals surface area contributed by atoms with Gasteiger partial charge in [0.05, 0.1) is 33.0 Å². The van der Waals surface area contributed by atoms with Crippen molar-refractivity contribution < 1.29 is 4.79 Å². The highest BCUT2D eigenvalue weighted by atomic mass is 35.5. The monoisotopic (exact) mass is 487 g/mol. The smallest absolute Gasteiger partial charge is 0.229 e. The van der Waals surface area contributed by atoms with Crippen LogP contribution < -0.4 is 10.2 Å². The highest BCUT2D eigenvalue weighted by molar-refractivity contribution is 6.43. The Labute approximate surface area is 206 Å². The Kier molecular flexibility index (Phi) is 7.78. The summed E-state index contributed by atoms with van der Waals surface area (Å²) < 4.78 is 0. The van der Waals surface area contributed by atoms with E-state index in [1.807, 2.05) is 49.5 Å². The minimum Gasteiger partial charge on any atom is -0.369 e. The van der Waals surface area contributed by atoms with Crippen molar-refractivity contribution in [2.45, 2.75) is 19.4 Å². The molecule has 176 valence electrons. The van der Waals surface area contributed by atoms with Crippen molar-refractivity contribution in [2.24, 2.45) is 5.92 Å². The Morgan fingerprint density at radius 1 is 1.12 bits per heavy atom. The van der Waals surface area contributed by atoms with E-state index in [0.717, 1.165) is 56.2 Å². The second-order valence-electron chi connectivity index (χ2n) is 8.69. The van der Waals surface area contributed by atoms with Gasteiger partial charge in [0, 0.05) is 52.0 Å². The predicted octanol–water partition coefficient (Wildman–Crippen LogP) is 4.01. The van der Waals surface area contributed by atoms with Gasteiger partial charge in [0.15, 0.2) is 0 Å². The Hall–Kier alpha value is -2.28. The van der Waals surface area contributed by atoms with Gasteiger partial charge >= 0.3 is 0 Å². The van der Waals surface area contributed by atoms with Crippen LogP contribution in [0.2, 0.25) is 10.0 Å². The number of anilines is 1.